The Bertz CT molecular complexity index is 1010. The van der Waals surface area contributed by atoms with Crippen LogP contribution in [0.15, 0.2) is 46.9 Å². The molecule has 1 heterocycles. The maximum absolute atomic E-state index is 13.7. The second-order valence-corrected chi connectivity index (χ2v) is 6.72. The number of fused-ring (bicyclic) bond motifs is 1. The Morgan fingerprint density at radius 3 is 2.62 bits per heavy atom. The number of anilines is 2. The number of para-hydroxylation sites is 1. The molecule has 0 aliphatic heterocycles. The van der Waals surface area contributed by atoms with E-state index in [0.29, 0.717) is 5.69 Å². The van der Waals surface area contributed by atoms with Gasteiger partial charge in [0.1, 0.15) is 12.4 Å². The van der Waals surface area contributed by atoms with Gasteiger partial charge >= 0.3 is 0 Å². The number of carbonyl (C=O) groups excluding carboxylic acids is 2. The zero-order valence-electron chi connectivity index (χ0n) is 14.3. The van der Waals surface area contributed by atoms with Crippen molar-refractivity contribution in [2.45, 2.75) is 20.4 Å². The van der Waals surface area contributed by atoms with Crippen LogP contribution in [0.4, 0.5) is 15.8 Å². The molecule has 0 saturated heterocycles. The van der Waals surface area contributed by atoms with Crippen LogP contribution in [0, 0.1) is 12.7 Å². The lowest BCUT2D eigenvalue weighted by Crippen LogP contribution is -2.19. The van der Waals surface area contributed by atoms with Crippen molar-refractivity contribution >= 4 is 50.0 Å². The standard InChI is InChI=1S/C19H17BrFN3O2/c1-11-19(20)14-5-3-4-6-17(14)24(11)10-18(26)23-13-7-8-15(21)16(9-13)22-12(2)25/h3-9H,10H2,1-2H3,(H,22,25)(H,23,26). The first kappa shape index (κ1) is 18.1. The molecule has 0 fully saturated rings. The molecule has 3 aromatic rings. The Balaban J connectivity index is 1.82. The maximum Gasteiger partial charge on any atom is 0.244 e. The summed E-state index contributed by atoms with van der Waals surface area (Å²) in [5, 5.41) is 6.17. The van der Waals surface area contributed by atoms with E-state index in [2.05, 4.69) is 26.6 Å². The van der Waals surface area contributed by atoms with E-state index in [0.717, 1.165) is 21.1 Å². The van der Waals surface area contributed by atoms with Crippen LogP contribution in [0.5, 0.6) is 0 Å². The topological polar surface area (TPSA) is 63.1 Å². The Hall–Kier alpha value is -2.67. The van der Waals surface area contributed by atoms with E-state index in [4.69, 9.17) is 0 Å². The first-order valence-corrected chi connectivity index (χ1v) is 8.76. The highest BCUT2D eigenvalue weighted by Gasteiger charge is 2.14. The molecule has 0 bridgehead atoms. The molecule has 0 atom stereocenters. The van der Waals surface area contributed by atoms with Crippen LogP contribution >= 0.6 is 15.9 Å². The average Bonchev–Trinajstić information content (AvgIpc) is 2.83. The van der Waals surface area contributed by atoms with Gasteiger partial charge in [-0.05, 0) is 47.1 Å². The summed E-state index contributed by atoms with van der Waals surface area (Å²) in [6, 6.07) is 11.9. The van der Waals surface area contributed by atoms with Crippen LogP contribution in [0.2, 0.25) is 0 Å². The first-order chi connectivity index (χ1) is 12.4. The predicted octanol–water partition coefficient (Wildman–Crippen LogP) is 4.45. The molecule has 0 aliphatic rings. The van der Waals surface area contributed by atoms with Gasteiger partial charge in [-0.25, -0.2) is 4.39 Å². The minimum absolute atomic E-state index is 0.0284. The third kappa shape index (κ3) is 3.62. The van der Waals surface area contributed by atoms with Crippen LogP contribution < -0.4 is 10.6 Å². The number of hydrogen-bond donors (Lipinski definition) is 2. The van der Waals surface area contributed by atoms with Crippen LogP contribution in [-0.2, 0) is 16.1 Å². The lowest BCUT2D eigenvalue weighted by Gasteiger charge is -2.11. The first-order valence-electron chi connectivity index (χ1n) is 7.97. The van der Waals surface area contributed by atoms with E-state index in [1.165, 1.54) is 25.1 Å². The number of hydrogen-bond acceptors (Lipinski definition) is 2. The molecule has 5 nitrogen and oxygen atoms in total. The molecule has 0 unspecified atom stereocenters. The molecule has 2 N–H and O–H groups in total. The number of nitrogens with one attached hydrogen (secondary N) is 2. The number of rotatable bonds is 4. The molecule has 1 aromatic heterocycles. The van der Waals surface area contributed by atoms with Crippen molar-refractivity contribution in [2.75, 3.05) is 10.6 Å². The Morgan fingerprint density at radius 1 is 1.15 bits per heavy atom. The molecule has 2 aromatic carbocycles. The van der Waals surface area contributed by atoms with E-state index in [1.807, 2.05) is 35.8 Å². The maximum atomic E-state index is 13.7. The molecule has 0 radical (unpaired) electrons. The van der Waals surface area contributed by atoms with Crippen molar-refractivity contribution in [1.29, 1.82) is 0 Å². The number of benzene rings is 2. The van der Waals surface area contributed by atoms with Crippen LogP contribution in [-0.4, -0.2) is 16.4 Å². The van der Waals surface area contributed by atoms with E-state index >= 15 is 0 Å². The van der Waals surface area contributed by atoms with Gasteiger partial charge in [-0.3, -0.25) is 9.59 Å². The molecule has 0 aliphatic carbocycles. The quantitative estimate of drug-likeness (QED) is 0.658. The lowest BCUT2D eigenvalue weighted by molar-refractivity contribution is -0.116. The summed E-state index contributed by atoms with van der Waals surface area (Å²) >= 11 is 3.56. The molecule has 0 spiro atoms. The summed E-state index contributed by atoms with van der Waals surface area (Å²) in [5.74, 6) is -1.19. The fourth-order valence-corrected chi connectivity index (χ4v) is 3.37. The molecular weight excluding hydrogens is 401 g/mol. The molecule has 0 saturated carbocycles. The zero-order chi connectivity index (χ0) is 18.8. The average molecular weight is 418 g/mol. The summed E-state index contributed by atoms with van der Waals surface area (Å²) in [7, 11) is 0. The van der Waals surface area contributed by atoms with Crippen LogP contribution in [0.3, 0.4) is 0 Å². The number of aromatic nitrogens is 1. The van der Waals surface area contributed by atoms with Gasteiger partial charge in [0.05, 0.1) is 5.69 Å². The molecule has 26 heavy (non-hydrogen) atoms. The smallest absolute Gasteiger partial charge is 0.244 e. The van der Waals surface area contributed by atoms with Crippen molar-refractivity contribution in [1.82, 2.24) is 4.57 Å². The van der Waals surface area contributed by atoms with Gasteiger partial charge in [-0.15, -0.1) is 0 Å². The van der Waals surface area contributed by atoms with Crippen molar-refractivity contribution in [3.63, 3.8) is 0 Å². The lowest BCUT2D eigenvalue weighted by atomic mass is 10.2. The second-order valence-electron chi connectivity index (χ2n) is 5.93. The zero-order valence-corrected chi connectivity index (χ0v) is 15.9. The predicted molar refractivity (Wildman–Crippen MR) is 104 cm³/mol. The van der Waals surface area contributed by atoms with Crippen molar-refractivity contribution in [3.05, 3.63) is 58.4 Å². The highest BCUT2D eigenvalue weighted by molar-refractivity contribution is 9.10. The molecule has 2 amide bonds. The van der Waals surface area contributed by atoms with Crippen LogP contribution in [0.1, 0.15) is 12.6 Å². The normalized spacial score (nSPS) is 10.8. The van der Waals surface area contributed by atoms with Gasteiger partial charge < -0.3 is 15.2 Å². The molecular formula is C19H17BrFN3O2. The minimum Gasteiger partial charge on any atom is -0.334 e. The summed E-state index contributed by atoms with van der Waals surface area (Å²) in [6.45, 7) is 3.34. The van der Waals surface area contributed by atoms with Crippen molar-refractivity contribution < 1.29 is 14.0 Å². The Morgan fingerprint density at radius 2 is 1.88 bits per heavy atom. The minimum atomic E-state index is -0.561. The fourth-order valence-electron chi connectivity index (χ4n) is 2.83. The van der Waals surface area contributed by atoms with Crippen molar-refractivity contribution in [2.24, 2.45) is 0 Å². The van der Waals surface area contributed by atoms with E-state index in [1.54, 1.807) is 0 Å². The molecule has 3 rings (SSSR count). The highest BCUT2D eigenvalue weighted by Crippen LogP contribution is 2.30. The van der Waals surface area contributed by atoms with E-state index in [9.17, 15) is 14.0 Å². The van der Waals surface area contributed by atoms with Gasteiger partial charge in [-0.2, -0.15) is 0 Å². The summed E-state index contributed by atoms with van der Waals surface area (Å²) in [5.41, 5.74) is 2.33. The summed E-state index contributed by atoms with van der Waals surface area (Å²) in [4.78, 5) is 23.6. The van der Waals surface area contributed by atoms with Crippen molar-refractivity contribution in [3.8, 4) is 0 Å². The van der Waals surface area contributed by atoms with Gasteiger partial charge in [-0.1, -0.05) is 18.2 Å². The Labute approximate surface area is 158 Å². The monoisotopic (exact) mass is 417 g/mol. The van der Waals surface area contributed by atoms with Gasteiger partial charge in [0.25, 0.3) is 0 Å². The largest absolute Gasteiger partial charge is 0.334 e. The number of nitrogens with zero attached hydrogens (tertiary/aromatic N) is 1. The highest BCUT2D eigenvalue weighted by atomic mass is 79.9. The summed E-state index contributed by atoms with van der Waals surface area (Å²) < 4.78 is 16.6. The van der Waals surface area contributed by atoms with Crippen LogP contribution in [0.25, 0.3) is 10.9 Å². The number of halogens is 2. The van der Waals surface area contributed by atoms with Gasteiger partial charge in [0, 0.05) is 33.7 Å². The number of amides is 2. The fraction of sp³-hybridized carbons (Fsp3) is 0.158. The second kappa shape index (κ2) is 7.29. The van der Waals surface area contributed by atoms with E-state index < -0.39 is 5.82 Å². The van der Waals surface area contributed by atoms with Gasteiger partial charge in [0.2, 0.25) is 11.8 Å². The SMILES string of the molecule is CC(=O)Nc1cc(NC(=O)Cn2c(C)c(Br)c3ccccc32)ccc1F. The number of carbonyl (C=O) groups is 2. The molecule has 134 valence electrons. The molecule has 7 heteroatoms. The van der Waals surface area contributed by atoms with Gasteiger partial charge in [0.15, 0.2) is 0 Å². The third-order valence-corrected chi connectivity index (χ3v) is 5.02. The van der Waals surface area contributed by atoms with E-state index in [-0.39, 0.29) is 24.0 Å². The summed E-state index contributed by atoms with van der Waals surface area (Å²) in [6.07, 6.45) is 0. The Kier molecular flexibility index (Phi) is 5.08. The third-order valence-electron chi connectivity index (χ3n) is 4.02.